The number of carbonyl (C=O) groups is 1. The van der Waals surface area contributed by atoms with Gasteiger partial charge in [0.2, 0.25) is 0 Å². The van der Waals surface area contributed by atoms with Crippen molar-refractivity contribution in [3.05, 3.63) is 17.3 Å². The third-order valence-corrected chi connectivity index (χ3v) is 4.12. The molecule has 23 heavy (non-hydrogen) atoms. The van der Waals surface area contributed by atoms with Crippen molar-refractivity contribution in [3.8, 4) is 0 Å². The maximum absolute atomic E-state index is 13.0. The van der Waals surface area contributed by atoms with E-state index in [1.165, 1.54) is 11.8 Å². The van der Waals surface area contributed by atoms with Crippen LogP contribution in [-0.4, -0.2) is 45.1 Å². The predicted octanol–water partition coefficient (Wildman–Crippen LogP) is 3.52. The average Bonchev–Trinajstić information content (AvgIpc) is 2.31. The van der Waals surface area contributed by atoms with Crippen LogP contribution < -0.4 is 0 Å². The molecule has 0 aromatic carbocycles. The Hall–Kier alpha value is -1.51. The van der Waals surface area contributed by atoms with E-state index >= 15 is 0 Å². The van der Waals surface area contributed by atoms with E-state index in [0.717, 1.165) is 17.8 Å². The van der Waals surface area contributed by atoms with Gasteiger partial charge in [-0.25, -0.2) is 4.79 Å². The van der Waals surface area contributed by atoms with Crippen LogP contribution in [0.3, 0.4) is 0 Å². The first-order valence-corrected chi connectivity index (χ1v) is 7.90. The summed E-state index contributed by atoms with van der Waals surface area (Å²) in [5.41, 5.74) is -1.17. The Labute approximate surface area is 136 Å². The molecule has 5 nitrogen and oxygen atoms in total. The highest BCUT2D eigenvalue weighted by Crippen LogP contribution is 2.38. The maximum atomic E-state index is 13.0. The smallest absolute Gasteiger partial charge is 0.419 e. The largest absolute Gasteiger partial charge is 0.444 e. The van der Waals surface area contributed by atoms with Crippen molar-refractivity contribution in [2.24, 2.45) is 0 Å². The molecule has 0 radical (unpaired) electrons. The van der Waals surface area contributed by atoms with Gasteiger partial charge in [-0.3, -0.25) is 0 Å². The summed E-state index contributed by atoms with van der Waals surface area (Å²) in [7, 11) is 0. The zero-order valence-electron chi connectivity index (χ0n) is 13.3. The number of carbonyl (C=O) groups excluding carboxylic acids is 1. The molecule has 1 aliphatic rings. The second-order valence-electron chi connectivity index (χ2n) is 6.33. The minimum absolute atomic E-state index is 0.152. The molecule has 1 aromatic heterocycles. The van der Waals surface area contributed by atoms with Crippen LogP contribution in [0.1, 0.15) is 32.0 Å². The Kier molecular flexibility index (Phi) is 4.79. The van der Waals surface area contributed by atoms with E-state index in [2.05, 4.69) is 10.2 Å². The molecule has 1 aliphatic heterocycles. The number of aromatic nitrogens is 2. The van der Waals surface area contributed by atoms with Gasteiger partial charge < -0.3 is 9.64 Å². The summed E-state index contributed by atoms with van der Waals surface area (Å²) < 4.78 is 44.3. The average molecular weight is 349 g/mol. The number of hydrogen-bond donors (Lipinski definition) is 0. The molecule has 1 aromatic rings. The van der Waals surface area contributed by atoms with Crippen LogP contribution in [0.2, 0.25) is 0 Å². The van der Waals surface area contributed by atoms with Crippen LogP contribution >= 0.6 is 11.8 Å². The summed E-state index contributed by atoms with van der Waals surface area (Å²) in [5, 5.41) is 7.04. The fourth-order valence-corrected chi connectivity index (χ4v) is 3.13. The monoisotopic (exact) mass is 349 g/mol. The van der Waals surface area contributed by atoms with E-state index in [-0.39, 0.29) is 16.0 Å². The minimum atomic E-state index is -4.47. The van der Waals surface area contributed by atoms with Crippen molar-refractivity contribution in [1.82, 2.24) is 15.1 Å². The van der Waals surface area contributed by atoms with Crippen molar-refractivity contribution < 1.29 is 22.7 Å². The van der Waals surface area contributed by atoms with Gasteiger partial charge >= 0.3 is 12.3 Å². The summed E-state index contributed by atoms with van der Waals surface area (Å²) in [6, 6.07) is 0.986. The van der Waals surface area contributed by atoms with Crippen LogP contribution in [0, 0.1) is 6.92 Å². The lowest BCUT2D eigenvalue weighted by atomic mass is 10.2. The van der Waals surface area contributed by atoms with Gasteiger partial charge in [0.25, 0.3) is 0 Å². The van der Waals surface area contributed by atoms with Crippen LogP contribution in [0.25, 0.3) is 0 Å². The number of alkyl halides is 3. The van der Waals surface area contributed by atoms with E-state index in [0.29, 0.717) is 13.1 Å². The molecule has 0 atom stereocenters. The fourth-order valence-electron chi connectivity index (χ4n) is 1.91. The SMILES string of the molecule is Cc1cc(C(F)(F)F)c(SC2CN(C(=O)OC(C)(C)C)C2)nn1. The number of hydrogen-bond acceptors (Lipinski definition) is 5. The van der Waals surface area contributed by atoms with Crippen molar-refractivity contribution >= 4 is 17.9 Å². The zero-order chi connectivity index (χ0) is 17.4. The Balaban J connectivity index is 1.97. The van der Waals surface area contributed by atoms with E-state index in [9.17, 15) is 18.0 Å². The molecule has 0 N–H and O–H groups in total. The van der Waals surface area contributed by atoms with Crippen molar-refractivity contribution in [2.45, 2.75) is 49.7 Å². The second kappa shape index (κ2) is 6.18. The maximum Gasteiger partial charge on any atom is 0.419 e. The van der Waals surface area contributed by atoms with Crippen LogP contribution in [0.4, 0.5) is 18.0 Å². The van der Waals surface area contributed by atoms with Gasteiger partial charge in [0.15, 0.2) is 0 Å². The zero-order valence-corrected chi connectivity index (χ0v) is 14.1. The summed E-state index contributed by atoms with van der Waals surface area (Å²) in [5.74, 6) is 0. The molecule has 0 spiro atoms. The molecule has 9 heteroatoms. The molecule has 2 rings (SSSR count). The van der Waals surface area contributed by atoms with E-state index < -0.39 is 23.4 Å². The molecule has 0 unspecified atom stereocenters. The lowest BCUT2D eigenvalue weighted by molar-refractivity contribution is -0.140. The fraction of sp³-hybridized carbons (Fsp3) is 0.643. The molecular weight excluding hydrogens is 331 g/mol. The predicted molar refractivity (Wildman–Crippen MR) is 79.2 cm³/mol. The summed E-state index contributed by atoms with van der Waals surface area (Å²) in [6.45, 7) is 7.39. The highest BCUT2D eigenvalue weighted by atomic mass is 32.2. The van der Waals surface area contributed by atoms with Crippen molar-refractivity contribution in [3.63, 3.8) is 0 Å². The van der Waals surface area contributed by atoms with Gasteiger partial charge in [0.05, 0.1) is 11.3 Å². The van der Waals surface area contributed by atoms with E-state index in [1.807, 2.05) is 0 Å². The Morgan fingerprint density at radius 2 is 1.91 bits per heavy atom. The quantitative estimate of drug-likeness (QED) is 0.818. The molecular formula is C14H18F3N3O2S. The summed E-state index contributed by atoms with van der Waals surface area (Å²) in [4.78, 5) is 13.3. The highest BCUT2D eigenvalue weighted by Gasteiger charge is 2.39. The minimum Gasteiger partial charge on any atom is -0.444 e. The van der Waals surface area contributed by atoms with Crippen LogP contribution in [0.5, 0.6) is 0 Å². The number of likely N-dealkylation sites (tertiary alicyclic amines) is 1. The van der Waals surface area contributed by atoms with Gasteiger partial charge in [-0.05, 0) is 33.8 Å². The Morgan fingerprint density at radius 1 is 1.30 bits per heavy atom. The number of nitrogens with zero attached hydrogens (tertiary/aromatic N) is 3. The number of rotatable bonds is 2. The third-order valence-electron chi connectivity index (χ3n) is 2.97. The summed E-state index contributed by atoms with van der Waals surface area (Å²) >= 11 is 0.989. The molecule has 128 valence electrons. The Morgan fingerprint density at radius 3 is 2.43 bits per heavy atom. The normalized spacial score (nSPS) is 16.2. The lowest BCUT2D eigenvalue weighted by Gasteiger charge is -2.39. The highest BCUT2D eigenvalue weighted by molar-refractivity contribution is 8.00. The topological polar surface area (TPSA) is 55.3 Å². The van der Waals surface area contributed by atoms with Gasteiger partial charge in [-0.2, -0.15) is 18.3 Å². The van der Waals surface area contributed by atoms with Crippen molar-refractivity contribution in [2.75, 3.05) is 13.1 Å². The molecule has 0 bridgehead atoms. The molecule has 1 saturated heterocycles. The molecule has 1 fully saturated rings. The molecule has 1 amide bonds. The second-order valence-corrected chi connectivity index (χ2v) is 7.62. The van der Waals surface area contributed by atoms with E-state index in [4.69, 9.17) is 4.74 Å². The first-order chi connectivity index (χ1) is 10.5. The first kappa shape index (κ1) is 17.8. The number of amides is 1. The van der Waals surface area contributed by atoms with Crippen molar-refractivity contribution in [1.29, 1.82) is 0 Å². The van der Waals surface area contributed by atoms with Gasteiger partial charge in [0.1, 0.15) is 10.6 Å². The number of aryl methyl sites for hydroxylation is 1. The molecule has 2 heterocycles. The number of ether oxygens (including phenoxy) is 1. The Bertz CT molecular complexity index is 596. The number of thioether (sulfide) groups is 1. The van der Waals surface area contributed by atoms with Gasteiger partial charge in [0, 0.05) is 18.3 Å². The van der Waals surface area contributed by atoms with Crippen LogP contribution in [0.15, 0.2) is 11.1 Å². The number of halogens is 3. The van der Waals surface area contributed by atoms with Gasteiger partial charge in [-0.1, -0.05) is 11.8 Å². The standard InChI is InChI=1S/C14H18F3N3O2S/c1-8-5-10(14(15,16)17)11(19-18-8)23-9-6-20(7-9)12(21)22-13(2,3)4/h5,9H,6-7H2,1-4H3. The molecule has 0 saturated carbocycles. The van der Waals surface area contributed by atoms with Crippen LogP contribution in [-0.2, 0) is 10.9 Å². The van der Waals surface area contributed by atoms with Gasteiger partial charge in [-0.15, -0.1) is 5.10 Å². The third kappa shape index (κ3) is 4.73. The molecule has 0 aliphatic carbocycles. The lowest BCUT2D eigenvalue weighted by Crippen LogP contribution is -2.53. The van der Waals surface area contributed by atoms with E-state index in [1.54, 1.807) is 20.8 Å². The first-order valence-electron chi connectivity index (χ1n) is 7.02. The summed E-state index contributed by atoms with van der Waals surface area (Å²) in [6.07, 6.45) is -4.93.